The summed E-state index contributed by atoms with van der Waals surface area (Å²) in [5.41, 5.74) is 1.51. The van der Waals surface area contributed by atoms with Crippen molar-refractivity contribution in [1.82, 2.24) is 10.2 Å². The lowest BCUT2D eigenvalue weighted by Gasteiger charge is -2.24. The first-order valence-corrected chi connectivity index (χ1v) is 7.80. The molecule has 0 bridgehead atoms. The van der Waals surface area contributed by atoms with Crippen LogP contribution in [0.2, 0.25) is 0 Å². The van der Waals surface area contributed by atoms with Gasteiger partial charge in [0, 0.05) is 12.2 Å². The van der Waals surface area contributed by atoms with Crippen LogP contribution in [0.15, 0.2) is 24.3 Å². The fourth-order valence-corrected chi connectivity index (χ4v) is 2.26. The third-order valence-corrected chi connectivity index (χ3v) is 3.67. The van der Waals surface area contributed by atoms with Crippen LogP contribution in [0.4, 0.5) is 5.69 Å². The lowest BCUT2D eigenvalue weighted by atomic mass is 10.0. The summed E-state index contributed by atoms with van der Waals surface area (Å²) in [4.78, 5) is 14.6. The molecule has 0 aliphatic heterocycles. The van der Waals surface area contributed by atoms with Crippen LogP contribution in [0.3, 0.4) is 0 Å². The zero-order valence-electron chi connectivity index (χ0n) is 14.0. The Bertz CT molecular complexity index is 453. The van der Waals surface area contributed by atoms with Gasteiger partial charge in [0.05, 0.1) is 5.54 Å². The summed E-state index contributed by atoms with van der Waals surface area (Å²) in [7, 11) is 0. The molecule has 118 valence electrons. The number of carbonyl (C=O) groups is 1. The molecule has 1 rings (SSSR count). The second-order valence-corrected chi connectivity index (χ2v) is 5.77. The molecular formula is C17H29N3O. The van der Waals surface area contributed by atoms with Crippen LogP contribution >= 0.6 is 0 Å². The normalized spacial score (nSPS) is 11.7. The molecule has 0 radical (unpaired) electrons. The molecule has 4 nitrogen and oxygen atoms in total. The van der Waals surface area contributed by atoms with Gasteiger partial charge in [0.1, 0.15) is 0 Å². The van der Waals surface area contributed by atoms with Crippen molar-refractivity contribution in [3.8, 4) is 0 Å². The second kappa shape index (κ2) is 8.15. The molecule has 0 saturated carbocycles. The predicted molar refractivity (Wildman–Crippen MR) is 89.5 cm³/mol. The molecule has 0 spiro atoms. The molecular weight excluding hydrogens is 262 g/mol. The Hall–Kier alpha value is -1.39. The van der Waals surface area contributed by atoms with Crippen molar-refractivity contribution in [2.24, 2.45) is 0 Å². The monoisotopic (exact) mass is 291 g/mol. The maximum Gasteiger partial charge on any atom is 0.244 e. The molecule has 0 aromatic heterocycles. The van der Waals surface area contributed by atoms with Crippen molar-refractivity contribution in [2.75, 3.05) is 25.0 Å². The SMILES string of the molecule is CCNC(C)(C)C(=O)Nc1cccc(CN(CC)CC)c1. The summed E-state index contributed by atoms with van der Waals surface area (Å²) in [6.45, 7) is 13.8. The highest BCUT2D eigenvalue weighted by Crippen LogP contribution is 2.15. The maximum absolute atomic E-state index is 12.3. The van der Waals surface area contributed by atoms with Gasteiger partial charge in [-0.05, 0) is 51.2 Å². The number of hydrogen-bond donors (Lipinski definition) is 2. The third kappa shape index (κ3) is 5.48. The van der Waals surface area contributed by atoms with E-state index in [-0.39, 0.29) is 5.91 Å². The second-order valence-electron chi connectivity index (χ2n) is 5.77. The number of nitrogens with one attached hydrogen (secondary N) is 2. The van der Waals surface area contributed by atoms with E-state index in [0.29, 0.717) is 0 Å². The summed E-state index contributed by atoms with van der Waals surface area (Å²) in [6.07, 6.45) is 0. The van der Waals surface area contributed by atoms with E-state index in [0.717, 1.165) is 31.9 Å². The van der Waals surface area contributed by atoms with Crippen molar-refractivity contribution in [3.05, 3.63) is 29.8 Å². The van der Waals surface area contributed by atoms with Gasteiger partial charge in [-0.1, -0.05) is 32.9 Å². The van der Waals surface area contributed by atoms with Crippen LogP contribution in [-0.4, -0.2) is 36.0 Å². The zero-order valence-corrected chi connectivity index (χ0v) is 14.0. The van der Waals surface area contributed by atoms with Gasteiger partial charge in [0.15, 0.2) is 0 Å². The Kier molecular flexibility index (Phi) is 6.85. The van der Waals surface area contributed by atoms with Gasteiger partial charge in [0.25, 0.3) is 0 Å². The Morgan fingerprint density at radius 2 is 1.86 bits per heavy atom. The lowest BCUT2D eigenvalue weighted by Crippen LogP contribution is -2.49. The van der Waals surface area contributed by atoms with Crippen LogP contribution in [0.25, 0.3) is 0 Å². The van der Waals surface area contributed by atoms with Gasteiger partial charge in [-0.15, -0.1) is 0 Å². The van der Waals surface area contributed by atoms with Gasteiger partial charge in [-0.2, -0.15) is 0 Å². The van der Waals surface area contributed by atoms with E-state index in [1.165, 1.54) is 5.56 Å². The minimum absolute atomic E-state index is 0.00987. The Morgan fingerprint density at radius 3 is 2.43 bits per heavy atom. The van der Waals surface area contributed by atoms with E-state index < -0.39 is 5.54 Å². The fourth-order valence-electron chi connectivity index (χ4n) is 2.26. The van der Waals surface area contributed by atoms with Gasteiger partial charge >= 0.3 is 0 Å². The van der Waals surface area contributed by atoms with E-state index in [2.05, 4.69) is 41.5 Å². The van der Waals surface area contributed by atoms with E-state index in [4.69, 9.17) is 0 Å². The van der Waals surface area contributed by atoms with Crippen molar-refractivity contribution >= 4 is 11.6 Å². The highest BCUT2D eigenvalue weighted by atomic mass is 16.2. The number of amides is 1. The molecule has 1 aromatic rings. The lowest BCUT2D eigenvalue weighted by molar-refractivity contribution is -0.121. The number of anilines is 1. The molecule has 4 heteroatoms. The molecule has 0 aliphatic rings. The van der Waals surface area contributed by atoms with Crippen molar-refractivity contribution in [3.63, 3.8) is 0 Å². The minimum Gasteiger partial charge on any atom is -0.324 e. The topological polar surface area (TPSA) is 44.4 Å². The average molecular weight is 291 g/mol. The van der Waals surface area contributed by atoms with Gasteiger partial charge in [-0.25, -0.2) is 0 Å². The van der Waals surface area contributed by atoms with Gasteiger partial charge in [-0.3, -0.25) is 9.69 Å². The first-order chi connectivity index (χ1) is 9.92. The van der Waals surface area contributed by atoms with E-state index >= 15 is 0 Å². The highest BCUT2D eigenvalue weighted by Gasteiger charge is 2.26. The summed E-state index contributed by atoms with van der Waals surface area (Å²) < 4.78 is 0. The summed E-state index contributed by atoms with van der Waals surface area (Å²) >= 11 is 0. The molecule has 0 saturated heterocycles. The number of carbonyl (C=O) groups excluding carboxylic acids is 1. The smallest absolute Gasteiger partial charge is 0.244 e. The van der Waals surface area contributed by atoms with E-state index in [1.807, 2.05) is 32.9 Å². The summed E-state index contributed by atoms with van der Waals surface area (Å²) in [6, 6.07) is 8.09. The molecule has 0 atom stereocenters. The molecule has 0 unspecified atom stereocenters. The summed E-state index contributed by atoms with van der Waals surface area (Å²) in [5, 5.41) is 6.18. The molecule has 1 amide bonds. The standard InChI is InChI=1S/C17H29N3O/c1-6-18-17(4,5)16(21)19-15-11-9-10-14(12-15)13-20(7-2)8-3/h9-12,18H,6-8,13H2,1-5H3,(H,19,21). The number of likely N-dealkylation sites (N-methyl/N-ethyl adjacent to an activating group) is 1. The van der Waals surface area contributed by atoms with Crippen molar-refractivity contribution in [1.29, 1.82) is 0 Å². The third-order valence-electron chi connectivity index (χ3n) is 3.67. The Morgan fingerprint density at radius 1 is 1.19 bits per heavy atom. The zero-order chi connectivity index (χ0) is 15.9. The number of hydrogen-bond acceptors (Lipinski definition) is 3. The van der Waals surface area contributed by atoms with Crippen molar-refractivity contribution in [2.45, 2.75) is 46.7 Å². The van der Waals surface area contributed by atoms with E-state index in [9.17, 15) is 4.79 Å². The molecule has 21 heavy (non-hydrogen) atoms. The van der Waals surface area contributed by atoms with Gasteiger partial charge < -0.3 is 10.6 Å². The average Bonchev–Trinajstić information content (AvgIpc) is 2.45. The first kappa shape index (κ1) is 17.7. The van der Waals surface area contributed by atoms with Crippen LogP contribution in [0, 0.1) is 0 Å². The minimum atomic E-state index is -0.566. The first-order valence-electron chi connectivity index (χ1n) is 7.80. The van der Waals surface area contributed by atoms with Gasteiger partial charge in [0.2, 0.25) is 5.91 Å². The fraction of sp³-hybridized carbons (Fsp3) is 0.588. The summed E-state index contributed by atoms with van der Waals surface area (Å²) in [5.74, 6) is -0.00987. The largest absolute Gasteiger partial charge is 0.324 e. The molecule has 0 aliphatic carbocycles. The van der Waals surface area contributed by atoms with Crippen LogP contribution in [0.1, 0.15) is 40.2 Å². The maximum atomic E-state index is 12.3. The number of rotatable bonds is 8. The van der Waals surface area contributed by atoms with Crippen molar-refractivity contribution < 1.29 is 4.79 Å². The quantitative estimate of drug-likeness (QED) is 0.774. The molecule has 2 N–H and O–H groups in total. The molecule has 1 aromatic carbocycles. The van der Waals surface area contributed by atoms with Crippen LogP contribution in [-0.2, 0) is 11.3 Å². The highest BCUT2D eigenvalue weighted by molar-refractivity contribution is 5.97. The van der Waals surface area contributed by atoms with Crippen LogP contribution in [0.5, 0.6) is 0 Å². The van der Waals surface area contributed by atoms with E-state index in [1.54, 1.807) is 0 Å². The number of nitrogens with zero attached hydrogens (tertiary/aromatic N) is 1. The predicted octanol–water partition coefficient (Wildman–Crippen LogP) is 2.86. The molecule has 0 fully saturated rings. The number of benzene rings is 1. The Labute approximate surface area is 128 Å². The Balaban J connectivity index is 2.74. The molecule has 0 heterocycles. The van der Waals surface area contributed by atoms with Crippen LogP contribution < -0.4 is 10.6 Å².